The van der Waals surface area contributed by atoms with Crippen molar-refractivity contribution in [3.05, 3.63) is 161 Å². The van der Waals surface area contributed by atoms with Crippen LogP contribution in [0.5, 0.6) is 0 Å². The molecule has 4 heteroatoms. The summed E-state index contributed by atoms with van der Waals surface area (Å²) in [4.78, 5) is 5.20. The Labute approximate surface area is 322 Å². The average Bonchev–Trinajstić information content (AvgIpc) is 3.70. The van der Waals surface area contributed by atoms with Crippen LogP contribution in [0.15, 0.2) is 84.7 Å². The highest BCUT2D eigenvalue weighted by Crippen LogP contribution is 2.35. The zero-order valence-electron chi connectivity index (χ0n) is 33.2. The lowest BCUT2D eigenvalue weighted by Crippen LogP contribution is -2.46. The topological polar surface area (TPSA) is 0 Å². The molecule has 0 aliphatic carbocycles. The highest BCUT2D eigenvalue weighted by atomic mass is 32.1. The van der Waals surface area contributed by atoms with Crippen molar-refractivity contribution in [2.24, 2.45) is 0 Å². The maximum absolute atomic E-state index is 2.44. The molecule has 2 heterocycles. The number of rotatable bonds is 9. The normalized spacial score (nSPS) is 11.7. The largest absolute Gasteiger partial charge is 0.235 e. The van der Waals surface area contributed by atoms with Gasteiger partial charge < -0.3 is 0 Å². The van der Waals surface area contributed by atoms with Gasteiger partial charge in [0.15, 0.2) is 0 Å². The van der Waals surface area contributed by atoms with E-state index >= 15 is 0 Å². The molecule has 0 saturated heterocycles. The Morgan fingerprint density at radius 3 is 0.808 bits per heavy atom. The predicted octanol–water partition coefficient (Wildman–Crippen LogP) is 10.9. The summed E-state index contributed by atoms with van der Waals surface area (Å²) in [5.41, 5.74) is 21.9. The van der Waals surface area contributed by atoms with Gasteiger partial charge in [0.25, 0.3) is 0 Å². The fourth-order valence-corrected chi connectivity index (χ4v) is 10.9. The Bertz CT molecular complexity index is 1970. The molecule has 0 radical (unpaired) electrons. The van der Waals surface area contributed by atoms with Crippen LogP contribution in [0, 0.1) is 83.1 Å². The molecule has 0 saturated carbocycles. The quantitative estimate of drug-likeness (QED) is 0.131. The van der Waals surface area contributed by atoms with Gasteiger partial charge in [-0.25, -0.2) is 0 Å². The molecule has 0 bridgehead atoms. The smallest absolute Gasteiger partial charge is 0.135 e. The van der Waals surface area contributed by atoms with Gasteiger partial charge in [-0.05, 0) is 107 Å². The number of benzene rings is 4. The van der Waals surface area contributed by atoms with Crippen LogP contribution in [0.1, 0.15) is 76.5 Å². The SMILES string of the molecule is Cc1cc(C)c(B(/C=C/c2ccc(-c3ccc(/C=C/B(c4c(C)cc(C)cc4C)c4c(C)cc(C)cc4C)s3)s2)c2c(C)cc(C)cc2C)c(C)c1. The summed E-state index contributed by atoms with van der Waals surface area (Å²) in [5.74, 6) is 4.88. The fourth-order valence-electron chi connectivity index (χ4n) is 8.93. The average molecular weight is 715 g/mol. The highest BCUT2D eigenvalue weighted by Gasteiger charge is 2.26. The molecule has 0 spiro atoms. The minimum atomic E-state index is 0.194. The van der Waals surface area contributed by atoms with Crippen molar-refractivity contribution in [3.63, 3.8) is 0 Å². The van der Waals surface area contributed by atoms with E-state index < -0.39 is 0 Å². The number of hydrogen-bond acceptors (Lipinski definition) is 2. The lowest BCUT2D eigenvalue weighted by molar-refractivity contribution is 1.34. The van der Waals surface area contributed by atoms with E-state index in [2.05, 4.69) is 180 Å². The summed E-state index contributed by atoms with van der Waals surface area (Å²) >= 11 is 3.76. The number of thiophene rings is 2. The standard InChI is InChI=1S/C48H52B2S2/c1-29-21-33(5)45(34(6)22-29)49(46-35(7)23-30(2)24-36(46)8)19-17-41-13-15-43(51-41)44-16-14-42(52-44)18-20-50(47-37(9)25-31(3)26-38(47)10)48-39(11)27-32(4)28-40(48)12/h13-28H,1-12H3/b19-17+,20-18+. The van der Waals surface area contributed by atoms with Crippen molar-refractivity contribution in [1.82, 2.24) is 0 Å². The lowest BCUT2D eigenvalue weighted by atomic mass is 9.37. The zero-order valence-corrected chi connectivity index (χ0v) is 34.8. The molecule has 4 aromatic carbocycles. The molecule has 0 aliphatic heterocycles. The van der Waals surface area contributed by atoms with Gasteiger partial charge >= 0.3 is 0 Å². The van der Waals surface area contributed by atoms with Crippen molar-refractivity contribution in [3.8, 4) is 9.75 Å². The first kappa shape index (κ1) is 37.6. The van der Waals surface area contributed by atoms with Crippen LogP contribution in [0.4, 0.5) is 0 Å². The second-order valence-corrected chi connectivity index (χ2v) is 17.6. The van der Waals surface area contributed by atoms with Crippen molar-refractivity contribution >= 4 is 70.1 Å². The Morgan fingerprint density at radius 1 is 0.346 bits per heavy atom. The van der Waals surface area contributed by atoms with Crippen molar-refractivity contribution in [2.45, 2.75) is 83.1 Å². The minimum absolute atomic E-state index is 0.194. The van der Waals surface area contributed by atoms with Crippen LogP contribution in [0.25, 0.3) is 21.9 Å². The molecule has 2 aromatic heterocycles. The first-order valence-corrected chi connectivity index (χ1v) is 20.2. The van der Waals surface area contributed by atoms with E-state index in [-0.39, 0.29) is 13.4 Å². The molecule has 0 fully saturated rings. The third-order valence-electron chi connectivity index (χ3n) is 10.6. The van der Waals surface area contributed by atoms with Gasteiger partial charge in [-0.1, -0.05) is 149 Å². The molecule has 0 unspecified atom stereocenters. The van der Waals surface area contributed by atoms with E-state index in [1.807, 2.05) is 22.7 Å². The second-order valence-electron chi connectivity index (χ2n) is 15.3. The van der Waals surface area contributed by atoms with Crippen LogP contribution >= 0.6 is 22.7 Å². The fraction of sp³-hybridized carbons (Fsp3) is 0.250. The van der Waals surface area contributed by atoms with Crippen molar-refractivity contribution in [2.75, 3.05) is 0 Å². The van der Waals surface area contributed by atoms with Gasteiger partial charge in [0, 0.05) is 19.5 Å². The first-order chi connectivity index (χ1) is 24.7. The van der Waals surface area contributed by atoms with Crippen molar-refractivity contribution in [1.29, 1.82) is 0 Å². The van der Waals surface area contributed by atoms with E-state index in [1.54, 1.807) is 0 Å². The second kappa shape index (κ2) is 15.5. The Hall–Kier alpha value is -4.11. The van der Waals surface area contributed by atoms with Gasteiger partial charge in [0.2, 0.25) is 13.4 Å². The summed E-state index contributed by atoms with van der Waals surface area (Å²) in [5, 5.41) is 0. The van der Waals surface area contributed by atoms with E-state index in [0.717, 1.165) is 0 Å². The van der Waals surface area contributed by atoms with Crippen LogP contribution in [-0.4, -0.2) is 13.4 Å². The van der Waals surface area contributed by atoms with Crippen LogP contribution in [0.3, 0.4) is 0 Å². The van der Waals surface area contributed by atoms with Gasteiger partial charge in [0.05, 0.1) is 0 Å². The predicted molar refractivity (Wildman–Crippen MR) is 238 cm³/mol. The highest BCUT2D eigenvalue weighted by molar-refractivity contribution is 7.23. The van der Waals surface area contributed by atoms with Crippen molar-refractivity contribution < 1.29 is 0 Å². The van der Waals surface area contributed by atoms with Gasteiger partial charge in [-0.15, -0.1) is 34.6 Å². The Balaban J connectivity index is 1.32. The van der Waals surface area contributed by atoms with Gasteiger partial charge in [-0.3, -0.25) is 0 Å². The first-order valence-electron chi connectivity index (χ1n) is 18.6. The molecule has 0 nitrogen and oxygen atoms in total. The molecule has 0 atom stereocenters. The lowest BCUT2D eigenvalue weighted by Gasteiger charge is -2.22. The summed E-state index contributed by atoms with van der Waals surface area (Å²) in [6, 6.07) is 27.9. The molecule has 0 amide bonds. The van der Waals surface area contributed by atoms with Gasteiger partial charge in [0.1, 0.15) is 0 Å². The third kappa shape index (κ3) is 7.94. The molecule has 0 N–H and O–H groups in total. The molecule has 6 rings (SSSR count). The summed E-state index contributed by atoms with van der Waals surface area (Å²) in [6.07, 6.45) is 4.71. The zero-order chi connectivity index (χ0) is 37.4. The third-order valence-corrected chi connectivity index (χ3v) is 12.9. The van der Waals surface area contributed by atoms with Gasteiger partial charge in [-0.2, -0.15) is 0 Å². The monoisotopic (exact) mass is 714 g/mol. The minimum Gasteiger partial charge on any atom is -0.135 e. The summed E-state index contributed by atoms with van der Waals surface area (Å²) < 4.78 is 0. The van der Waals surface area contributed by atoms with Crippen LogP contribution in [-0.2, 0) is 0 Å². The number of aryl methyl sites for hydroxylation is 12. The molecule has 6 aromatic rings. The van der Waals surface area contributed by atoms with Crippen LogP contribution in [0.2, 0.25) is 0 Å². The maximum Gasteiger partial charge on any atom is 0.235 e. The Morgan fingerprint density at radius 2 is 0.577 bits per heavy atom. The van der Waals surface area contributed by atoms with Crippen LogP contribution < -0.4 is 21.9 Å². The molecule has 262 valence electrons. The van der Waals surface area contributed by atoms with E-state index in [9.17, 15) is 0 Å². The molecular formula is C48H52B2S2. The number of hydrogen-bond donors (Lipinski definition) is 0. The molecular weight excluding hydrogens is 662 g/mol. The van der Waals surface area contributed by atoms with E-state index in [1.165, 1.54) is 108 Å². The molecule has 52 heavy (non-hydrogen) atoms. The Kier molecular flexibility index (Phi) is 11.2. The summed E-state index contributed by atoms with van der Waals surface area (Å²) in [6.45, 7) is 27.4. The maximum atomic E-state index is 2.44. The molecule has 0 aliphatic rings. The summed E-state index contributed by atoms with van der Waals surface area (Å²) in [7, 11) is 0. The van der Waals surface area contributed by atoms with E-state index in [0.29, 0.717) is 0 Å². The van der Waals surface area contributed by atoms with E-state index in [4.69, 9.17) is 0 Å².